The third-order valence-electron chi connectivity index (χ3n) is 6.46. The van der Waals surface area contributed by atoms with E-state index in [-0.39, 0.29) is 24.8 Å². The maximum Gasteiger partial charge on any atom is 0.320 e. The van der Waals surface area contributed by atoms with Gasteiger partial charge in [-0.1, -0.05) is 31.5 Å². The number of likely N-dealkylation sites (N-methyl/N-ethyl adjacent to an activating group) is 1. The fourth-order valence-electron chi connectivity index (χ4n) is 4.46. The maximum absolute atomic E-state index is 13.5. The zero-order chi connectivity index (χ0) is 23.2. The molecule has 7 nitrogen and oxygen atoms in total. The van der Waals surface area contributed by atoms with E-state index in [4.69, 9.17) is 18.9 Å². The minimum atomic E-state index is -0.0118. The molecule has 0 radical (unpaired) electrons. The first-order chi connectivity index (χ1) is 16.1. The van der Waals surface area contributed by atoms with E-state index in [1.54, 1.807) is 12.0 Å². The molecule has 2 amide bonds. The molecule has 0 N–H and O–H groups in total. The van der Waals surface area contributed by atoms with Gasteiger partial charge in [-0.05, 0) is 48.2 Å². The van der Waals surface area contributed by atoms with Crippen LogP contribution >= 0.6 is 0 Å². The minimum Gasteiger partial charge on any atom is -0.497 e. The lowest BCUT2D eigenvalue weighted by Gasteiger charge is -2.30. The molecule has 2 aromatic rings. The molecule has 0 aromatic heterocycles. The van der Waals surface area contributed by atoms with Gasteiger partial charge >= 0.3 is 6.03 Å². The summed E-state index contributed by atoms with van der Waals surface area (Å²) in [6.45, 7) is 4.91. The number of ether oxygens (including phenoxy) is 4. The van der Waals surface area contributed by atoms with Crippen molar-refractivity contribution in [3.05, 3.63) is 53.6 Å². The van der Waals surface area contributed by atoms with Crippen molar-refractivity contribution in [3.63, 3.8) is 0 Å². The number of methoxy groups -OCH3 is 1. The van der Waals surface area contributed by atoms with E-state index in [0.717, 1.165) is 48.7 Å². The summed E-state index contributed by atoms with van der Waals surface area (Å²) in [4.78, 5) is 17.2. The van der Waals surface area contributed by atoms with Crippen LogP contribution < -0.4 is 14.2 Å². The molecule has 0 unspecified atom stereocenters. The average Bonchev–Trinajstić information content (AvgIpc) is 3.50. The van der Waals surface area contributed by atoms with Gasteiger partial charge in [-0.15, -0.1) is 0 Å². The number of nitrogens with zero attached hydrogens (tertiary/aromatic N) is 2. The van der Waals surface area contributed by atoms with Crippen LogP contribution in [0.3, 0.4) is 0 Å². The molecular weight excluding hydrogens is 420 g/mol. The summed E-state index contributed by atoms with van der Waals surface area (Å²) in [5, 5.41) is 0. The van der Waals surface area contributed by atoms with E-state index in [0.29, 0.717) is 19.7 Å². The molecule has 2 aliphatic rings. The SMILES string of the molecule is CCCCOCCN(C)C(=O)N1C[C@@H](c2ccc3c(c2)OCO3)C[C@@H]1c1ccc(OC)cc1. The number of urea groups is 1. The van der Waals surface area contributed by atoms with Gasteiger partial charge in [0.05, 0.1) is 19.8 Å². The summed E-state index contributed by atoms with van der Waals surface area (Å²) in [5.41, 5.74) is 2.28. The van der Waals surface area contributed by atoms with Gasteiger partial charge in [0.25, 0.3) is 0 Å². The average molecular weight is 455 g/mol. The van der Waals surface area contributed by atoms with E-state index >= 15 is 0 Å². The Labute approximate surface area is 196 Å². The Hall–Kier alpha value is -2.93. The lowest BCUT2D eigenvalue weighted by atomic mass is 9.93. The van der Waals surface area contributed by atoms with Crippen LogP contribution in [-0.4, -0.2) is 63.1 Å². The third-order valence-corrected chi connectivity index (χ3v) is 6.46. The highest BCUT2D eigenvalue weighted by Gasteiger charge is 2.38. The summed E-state index contributed by atoms with van der Waals surface area (Å²) in [6, 6.07) is 14.1. The Morgan fingerprint density at radius 3 is 2.61 bits per heavy atom. The van der Waals surface area contributed by atoms with Crippen LogP contribution in [0.2, 0.25) is 0 Å². The highest BCUT2D eigenvalue weighted by molar-refractivity contribution is 5.75. The van der Waals surface area contributed by atoms with Crippen molar-refractivity contribution < 1.29 is 23.7 Å². The number of carbonyl (C=O) groups is 1. The quantitative estimate of drug-likeness (QED) is 0.508. The van der Waals surface area contributed by atoms with Crippen LogP contribution in [0.1, 0.15) is 49.3 Å². The second-order valence-electron chi connectivity index (χ2n) is 8.66. The maximum atomic E-state index is 13.5. The Kier molecular flexibility index (Phi) is 7.60. The largest absolute Gasteiger partial charge is 0.497 e. The van der Waals surface area contributed by atoms with Crippen LogP contribution in [-0.2, 0) is 4.74 Å². The molecule has 0 aliphatic carbocycles. The molecule has 0 bridgehead atoms. The number of hydrogen-bond acceptors (Lipinski definition) is 5. The number of benzene rings is 2. The second-order valence-corrected chi connectivity index (χ2v) is 8.66. The van der Waals surface area contributed by atoms with E-state index in [2.05, 4.69) is 31.2 Å². The molecule has 178 valence electrons. The molecule has 33 heavy (non-hydrogen) atoms. The molecular formula is C26H34N2O5. The number of unbranched alkanes of at least 4 members (excludes halogenated alkanes) is 1. The van der Waals surface area contributed by atoms with Crippen LogP contribution in [0.5, 0.6) is 17.2 Å². The van der Waals surface area contributed by atoms with Crippen molar-refractivity contribution in [3.8, 4) is 17.2 Å². The van der Waals surface area contributed by atoms with Gasteiger partial charge in [-0.3, -0.25) is 0 Å². The summed E-state index contributed by atoms with van der Waals surface area (Å²) in [5.74, 6) is 2.58. The Morgan fingerprint density at radius 2 is 1.85 bits per heavy atom. The third kappa shape index (κ3) is 5.36. The van der Waals surface area contributed by atoms with E-state index < -0.39 is 0 Å². The predicted molar refractivity (Wildman–Crippen MR) is 126 cm³/mol. The topological polar surface area (TPSA) is 60.5 Å². The van der Waals surface area contributed by atoms with Crippen molar-refractivity contribution >= 4 is 6.03 Å². The normalized spacial score (nSPS) is 19.1. The highest BCUT2D eigenvalue weighted by Crippen LogP contribution is 2.43. The molecule has 0 saturated carbocycles. The number of rotatable bonds is 9. The van der Waals surface area contributed by atoms with Gasteiger partial charge in [0.15, 0.2) is 11.5 Å². The van der Waals surface area contributed by atoms with Gasteiger partial charge in [-0.2, -0.15) is 0 Å². The van der Waals surface area contributed by atoms with Gasteiger partial charge < -0.3 is 28.7 Å². The van der Waals surface area contributed by atoms with Gasteiger partial charge in [0, 0.05) is 32.7 Å². The van der Waals surface area contributed by atoms with Crippen LogP contribution in [0.15, 0.2) is 42.5 Å². The minimum absolute atomic E-state index is 0.0118. The van der Waals surface area contributed by atoms with Crippen LogP contribution in [0, 0.1) is 0 Å². The van der Waals surface area contributed by atoms with Crippen molar-refractivity contribution in [2.45, 2.75) is 38.1 Å². The number of fused-ring (bicyclic) bond motifs is 1. The molecule has 2 aromatic carbocycles. The molecule has 4 rings (SSSR count). The first-order valence-corrected chi connectivity index (χ1v) is 11.7. The fraction of sp³-hybridized carbons (Fsp3) is 0.500. The lowest BCUT2D eigenvalue weighted by molar-refractivity contribution is 0.103. The Morgan fingerprint density at radius 1 is 1.09 bits per heavy atom. The van der Waals surface area contributed by atoms with Gasteiger partial charge in [0.1, 0.15) is 5.75 Å². The number of likely N-dealkylation sites (tertiary alicyclic amines) is 1. The summed E-state index contributed by atoms with van der Waals surface area (Å²) in [6.07, 6.45) is 2.99. The molecule has 1 saturated heterocycles. The number of carbonyl (C=O) groups excluding carboxylic acids is 1. The van der Waals surface area contributed by atoms with Crippen molar-refractivity contribution in [1.82, 2.24) is 9.80 Å². The monoisotopic (exact) mass is 454 g/mol. The van der Waals surface area contributed by atoms with Crippen LogP contribution in [0.25, 0.3) is 0 Å². The smallest absolute Gasteiger partial charge is 0.320 e. The predicted octanol–water partition coefficient (Wildman–Crippen LogP) is 4.82. The van der Waals surface area contributed by atoms with E-state index in [1.165, 1.54) is 5.56 Å². The highest BCUT2D eigenvalue weighted by atomic mass is 16.7. The van der Waals surface area contributed by atoms with E-state index in [1.807, 2.05) is 30.1 Å². The molecule has 7 heteroatoms. The zero-order valence-electron chi connectivity index (χ0n) is 19.8. The van der Waals surface area contributed by atoms with Crippen LogP contribution in [0.4, 0.5) is 4.79 Å². The first kappa shape index (κ1) is 23.2. The molecule has 2 heterocycles. The summed E-state index contributed by atoms with van der Waals surface area (Å²) in [7, 11) is 3.51. The second kappa shape index (κ2) is 10.8. The number of hydrogen-bond donors (Lipinski definition) is 0. The lowest BCUT2D eigenvalue weighted by Crippen LogP contribution is -2.42. The fourth-order valence-corrected chi connectivity index (χ4v) is 4.46. The number of amides is 2. The van der Waals surface area contributed by atoms with Gasteiger partial charge in [-0.25, -0.2) is 4.79 Å². The zero-order valence-corrected chi connectivity index (χ0v) is 19.8. The summed E-state index contributed by atoms with van der Waals surface area (Å²) >= 11 is 0. The van der Waals surface area contributed by atoms with Gasteiger partial charge in [0.2, 0.25) is 6.79 Å². The van der Waals surface area contributed by atoms with Crippen molar-refractivity contribution in [2.24, 2.45) is 0 Å². The molecule has 0 spiro atoms. The van der Waals surface area contributed by atoms with Crippen molar-refractivity contribution in [1.29, 1.82) is 0 Å². The first-order valence-electron chi connectivity index (χ1n) is 11.7. The molecule has 2 atom stereocenters. The standard InChI is InChI=1S/C26H34N2O5/c1-4-5-13-31-14-12-27(2)26(29)28-17-21(20-8-11-24-25(16-20)33-18-32-24)15-23(28)19-6-9-22(30-3)10-7-19/h6-11,16,21,23H,4-5,12-15,17-18H2,1-3H3/t21-,23+/m0/s1. The molecule has 1 fully saturated rings. The molecule has 2 aliphatic heterocycles. The van der Waals surface area contributed by atoms with Crippen molar-refractivity contribution in [2.75, 3.05) is 47.3 Å². The Balaban J connectivity index is 1.50. The summed E-state index contributed by atoms with van der Waals surface area (Å²) < 4.78 is 22.0. The Bertz CT molecular complexity index is 933. The van der Waals surface area contributed by atoms with E-state index in [9.17, 15) is 4.79 Å².